The van der Waals surface area contributed by atoms with Gasteiger partial charge in [0.15, 0.2) is 0 Å². The van der Waals surface area contributed by atoms with Crippen molar-refractivity contribution in [2.24, 2.45) is 5.92 Å². The van der Waals surface area contributed by atoms with Gasteiger partial charge in [0.05, 0.1) is 0 Å². The van der Waals surface area contributed by atoms with Crippen LogP contribution in [0.4, 0.5) is 0 Å². The van der Waals surface area contributed by atoms with Crippen LogP contribution in [0, 0.1) is 5.92 Å². The van der Waals surface area contributed by atoms with Crippen molar-refractivity contribution < 1.29 is 0 Å². The highest BCUT2D eigenvalue weighted by Gasteiger charge is 2.25. The van der Waals surface area contributed by atoms with Crippen molar-refractivity contribution in [1.29, 1.82) is 0 Å². The molecular weight excluding hydrogens is 146 g/mol. The molecule has 0 aromatic heterocycles. The van der Waals surface area contributed by atoms with E-state index in [0.29, 0.717) is 0 Å². The lowest BCUT2D eigenvalue weighted by Gasteiger charge is -2.36. The monoisotopic (exact) mass is 167 g/mol. The summed E-state index contributed by atoms with van der Waals surface area (Å²) in [5, 5.41) is 0. The van der Waals surface area contributed by atoms with E-state index in [9.17, 15) is 0 Å². The Morgan fingerprint density at radius 2 is 1.67 bits per heavy atom. The molecule has 70 valence electrons. The highest BCUT2D eigenvalue weighted by molar-refractivity contribution is 4.80. The van der Waals surface area contributed by atoms with Crippen LogP contribution in [0.25, 0.3) is 0 Å². The van der Waals surface area contributed by atoms with E-state index in [1.54, 1.807) is 0 Å². The second-order valence-electron chi connectivity index (χ2n) is 4.67. The standard InChI is InChI=1S/C11H21N/c1-12(11-7-4-8-11)9-10-5-2-3-6-10/h10-11H,2-9H2,1H3. The van der Waals surface area contributed by atoms with Crippen LogP contribution in [0.3, 0.4) is 0 Å². The Labute approximate surface area is 76.1 Å². The molecule has 0 atom stereocenters. The Hall–Kier alpha value is -0.0400. The van der Waals surface area contributed by atoms with Gasteiger partial charge in [-0.05, 0) is 38.6 Å². The molecule has 1 nitrogen and oxygen atoms in total. The van der Waals surface area contributed by atoms with Crippen molar-refractivity contribution in [1.82, 2.24) is 4.90 Å². The molecule has 0 bridgehead atoms. The highest BCUT2D eigenvalue weighted by atomic mass is 15.1. The quantitative estimate of drug-likeness (QED) is 0.624. The Morgan fingerprint density at radius 1 is 1.00 bits per heavy atom. The van der Waals surface area contributed by atoms with E-state index >= 15 is 0 Å². The first kappa shape index (κ1) is 8.55. The summed E-state index contributed by atoms with van der Waals surface area (Å²) in [4.78, 5) is 2.61. The molecule has 2 saturated carbocycles. The molecule has 0 spiro atoms. The molecule has 2 fully saturated rings. The van der Waals surface area contributed by atoms with Crippen molar-refractivity contribution in [3.63, 3.8) is 0 Å². The minimum Gasteiger partial charge on any atom is -0.303 e. The van der Waals surface area contributed by atoms with Crippen molar-refractivity contribution in [2.75, 3.05) is 13.6 Å². The lowest BCUT2D eigenvalue weighted by molar-refractivity contribution is 0.139. The molecule has 12 heavy (non-hydrogen) atoms. The third-order valence-corrected chi connectivity index (χ3v) is 3.72. The van der Waals surface area contributed by atoms with Crippen molar-refractivity contribution in [3.8, 4) is 0 Å². The van der Waals surface area contributed by atoms with E-state index in [1.165, 1.54) is 51.5 Å². The summed E-state index contributed by atoms with van der Waals surface area (Å²) in [5.41, 5.74) is 0. The summed E-state index contributed by atoms with van der Waals surface area (Å²) >= 11 is 0. The lowest BCUT2D eigenvalue weighted by Crippen LogP contribution is -2.39. The first-order valence-electron chi connectivity index (χ1n) is 5.56. The molecule has 2 aliphatic rings. The predicted octanol–water partition coefficient (Wildman–Crippen LogP) is 2.66. The Balaban J connectivity index is 1.69. The molecule has 0 aliphatic heterocycles. The second-order valence-corrected chi connectivity index (χ2v) is 4.67. The second kappa shape index (κ2) is 3.78. The molecule has 0 N–H and O–H groups in total. The van der Waals surface area contributed by atoms with Crippen LogP contribution in [0.1, 0.15) is 44.9 Å². The van der Waals surface area contributed by atoms with Crippen molar-refractivity contribution >= 4 is 0 Å². The van der Waals surface area contributed by atoms with Crippen LogP contribution in [0.5, 0.6) is 0 Å². The summed E-state index contributed by atoms with van der Waals surface area (Å²) in [5.74, 6) is 1.04. The summed E-state index contributed by atoms with van der Waals surface area (Å²) in [7, 11) is 2.32. The van der Waals surface area contributed by atoms with Gasteiger partial charge in [0.2, 0.25) is 0 Å². The maximum Gasteiger partial charge on any atom is 0.00923 e. The summed E-state index contributed by atoms with van der Waals surface area (Å²) in [6.45, 7) is 1.38. The van der Waals surface area contributed by atoms with Crippen molar-refractivity contribution in [2.45, 2.75) is 51.0 Å². The van der Waals surface area contributed by atoms with Crippen LogP contribution < -0.4 is 0 Å². The summed E-state index contributed by atoms with van der Waals surface area (Å²) in [6, 6.07) is 0.950. The maximum atomic E-state index is 2.61. The van der Waals surface area contributed by atoms with Crippen LogP contribution in [-0.4, -0.2) is 24.5 Å². The number of hydrogen-bond acceptors (Lipinski definition) is 1. The van der Waals surface area contributed by atoms with Gasteiger partial charge in [-0.1, -0.05) is 19.3 Å². The zero-order valence-corrected chi connectivity index (χ0v) is 8.26. The van der Waals surface area contributed by atoms with Crippen LogP contribution in [-0.2, 0) is 0 Å². The average molecular weight is 167 g/mol. The number of hydrogen-bond donors (Lipinski definition) is 0. The van der Waals surface area contributed by atoms with Crippen LogP contribution in [0.15, 0.2) is 0 Å². The van der Waals surface area contributed by atoms with E-state index < -0.39 is 0 Å². The zero-order chi connectivity index (χ0) is 8.39. The van der Waals surface area contributed by atoms with E-state index in [1.807, 2.05) is 0 Å². The molecule has 0 aromatic rings. The molecule has 0 heterocycles. The Bertz CT molecular complexity index is 134. The van der Waals surface area contributed by atoms with Gasteiger partial charge in [-0.3, -0.25) is 0 Å². The van der Waals surface area contributed by atoms with Gasteiger partial charge in [-0.2, -0.15) is 0 Å². The van der Waals surface area contributed by atoms with Gasteiger partial charge < -0.3 is 4.90 Å². The molecule has 2 rings (SSSR count). The SMILES string of the molecule is CN(CC1CCCC1)C1CCC1. The topological polar surface area (TPSA) is 3.24 Å². The van der Waals surface area contributed by atoms with Gasteiger partial charge in [-0.25, -0.2) is 0 Å². The fraction of sp³-hybridized carbons (Fsp3) is 1.00. The fourth-order valence-corrected chi connectivity index (χ4v) is 2.58. The maximum absolute atomic E-state index is 2.61. The smallest absolute Gasteiger partial charge is 0.00923 e. The number of nitrogens with zero attached hydrogens (tertiary/aromatic N) is 1. The minimum absolute atomic E-state index is 0.950. The molecule has 0 unspecified atom stereocenters. The molecule has 0 saturated heterocycles. The molecule has 1 heteroatoms. The van der Waals surface area contributed by atoms with Gasteiger partial charge >= 0.3 is 0 Å². The van der Waals surface area contributed by atoms with E-state index in [0.717, 1.165) is 12.0 Å². The zero-order valence-electron chi connectivity index (χ0n) is 8.26. The minimum atomic E-state index is 0.950. The van der Waals surface area contributed by atoms with Gasteiger partial charge in [0.25, 0.3) is 0 Å². The molecule has 0 radical (unpaired) electrons. The third-order valence-electron chi connectivity index (χ3n) is 3.72. The van der Waals surface area contributed by atoms with Crippen LogP contribution >= 0.6 is 0 Å². The normalized spacial score (nSPS) is 26.5. The molecular formula is C11H21N. The third kappa shape index (κ3) is 1.82. The fourth-order valence-electron chi connectivity index (χ4n) is 2.58. The molecule has 0 amide bonds. The number of rotatable bonds is 3. The Morgan fingerprint density at radius 3 is 2.17 bits per heavy atom. The lowest BCUT2D eigenvalue weighted by atomic mass is 9.91. The largest absolute Gasteiger partial charge is 0.303 e. The van der Waals surface area contributed by atoms with Gasteiger partial charge in [-0.15, -0.1) is 0 Å². The van der Waals surface area contributed by atoms with E-state index in [2.05, 4.69) is 11.9 Å². The summed E-state index contributed by atoms with van der Waals surface area (Å²) < 4.78 is 0. The Kier molecular flexibility index (Phi) is 2.69. The first-order chi connectivity index (χ1) is 5.86. The molecule has 0 aromatic carbocycles. The van der Waals surface area contributed by atoms with Gasteiger partial charge in [0.1, 0.15) is 0 Å². The van der Waals surface area contributed by atoms with E-state index in [-0.39, 0.29) is 0 Å². The van der Waals surface area contributed by atoms with Gasteiger partial charge in [0, 0.05) is 12.6 Å². The van der Waals surface area contributed by atoms with Crippen molar-refractivity contribution in [3.05, 3.63) is 0 Å². The van der Waals surface area contributed by atoms with Crippen LogP contribution in [0.2, 0.25) is 0 Å². The highest BCUT2D eigenvalue weighted by Crippen LogP contribution is 2.29. The first-order valence-corrected chi connectivity index (χ1v) is 5.56. The summed E-state index contributed by atoms with van der Waals surface area (Å²) in [6.07, 6.45) is 10.4. The predicted molar refractivity (Wildman–Crippen MR) is 52.2 cm³/mol. The molecule has 2 aliphatic carbocycles. The van der Waals surface area contributed by atoms with E-state index in [4.69, 9.17) is 0 Å². The average Bonchev–Trinajstić information content (AvgIpc) is 2.34.